The second kappa shape index (κ2) is 6.91. The number of aliphatic hydroxyl groups excluding tert-OH is 1. The first-order chi connectivity index (χ1) is 9.76. The van der Waals surface area contributed by atoms with E-state index in [1.165, 1.54) is 0 Å². The average molecular weight is 277 g/mol. The number of rotatable bonds is 7. The van der Waals surface area contributed by atoms with Crippen molar-refractivity contribution in [1.29, 1.82) is 0 Å². The lowest BCUT2D eigenvalue weighted by Gasteiger charge is -2.09. The van der Waals surface area contributed by atoms with Crippen molar-refractivity contribution in [3.63, 3.8) is 0 Å². The lowest BCUT2D eigenvalue weighted by atomic mass is 10.2. The van der Waals surface area contributed by atoms with Gasteiger partial charge in [0.05, 0.1) is 26.5 Å². The molecule has 0 bridgehead atoms. The van der Waals surface area contributed by atoms with Crippen LogP contribution in [0.5, 0.6) is 11.5 Å². The van der Waals surface area contributed by atoms with Crippen LogP contribution in [0.4, 0.5) is 0 Å². The van der Waals surface area contributed by atoms with Crippen molar-refractivity contribution in [3.8, 4) is 11.5 Å². The van der Waals surface area contributed by atoms with Crippen molar-refractivity contribution >= 4 is 0 Å². The van der Waals surface area contributed by atoms with E-state index < -0.39 is 0 Å². The van der Waals surface area contributed by atoms with E-state index in [4.69, 9.17) is 14.6 Å². The van der Waals surface area contributed by atoms with Gasteiger partial charge in [-0.15, -0.1) is 5.10 Å². The highest BCUT2D eigenvalue weighted by Crippen LogP contribution is 2.27. The summed E-state index contributed by atoms with van der Waals surface area (Å²) in [6.45, 7) is 0.787. The summed E-state index contributed by atoms with van der Waals surface area (Å²) < 4.78 is 12.3. The van der Waals surface area contributed by atoms with E-state index >= 15 is 0 Å². The minimum atomic E-state index is 0.169. The van der Waals surface area contributed by atoms with E-state index in [2.05, 4.69) is 10.3 Å². The van der Waals surface area contributed by atoms with Gasteiger partial charge in [0.15, 0.2) is 11.5 Å². The summed E-state index contributed by atoms with van der Waals surface area (Å²) in [6.07, 6.45) is 3.34. The predicted molar refractivity (Wildman–Crippen MR) is 74.1 cm³/mol. The standard InChI is InChI=1S/C14H19N3O3/c1-19-13-6-5-11(8-14(13)20-2)9-17-10-12(15-16-17)4-3-7-18/h5-6,8,10,18H,3-4,7,9H2,1-2H3. The zero-order chi connectivity index (χ0) is 14.4. The van der Waals surface area contributed by atoms with Crippen LogP contribution in [0.3, 0.4) is 0 Å². The van der Waals surface area contributed by atoms with Crippen LogP contribution in [0.1, 0.15) is 17.7 Å². The fourth-order valence-electron chi connectivity index (χ4n) is 1.96. The first-order valence-electron chi connectivity index (χ1n) is 6.47. The molecule has 2 aromatic rings. The maximum Gasteiger partial charge on any atom is 0.161 e. The minimum absolute atomic E-state index is 0.169. The van der Waals surface area contributed by atoms with Crippen LogP contribution >= 0.6 is 0 Å². The highest BCUT2D eigenvalue weighted by Gasteiger charge is 2.06. The summed E-state index contributed by atoms with van der Waals surface area (Å²) in [7, 11) is 3.23. The molecule has 1 aromatic heterocycles. The smallest absolute Gasteiger partial charge is 0.161 e. The molecule has 0 amide bonds. The highest BCUT2D eigenvalue weighted by atomic mass is 16.5. The maximum absolute atomic E-state index is 8.80. The van der Waals surface area contributed by atoms with Gasteiger partial charge in [-0.05, 0) is 30.5 Å². The third-order valence-electron chi connectivity index (χ3n) is 2.97. The highest BCUT2D eigenvalue weighted by molar-refractivity contribution is 5.42. The SMILES string of the molecule is COc1ccc(Cn2cc(CCCO)nn2)cc1OC. The third kappa shape index (κ3) is 3.48. The number of hydrogen-bond acceptors (Lipinski definition) is 5. The van der Waals surface area contributed by atoms with E-state index in [9.17, 15) is 0 Å². The molecule has 0 aliphatic heterocycles. The van der Waals surface area contributed by atoms with Gasteiger partial charge < -0.3 is 14.6 Å². The van der Waals surface area contributed by atoms with E-state index in [-0.39, 0.29) is 6.61 Å². The quantitative estimate of drug-likeness (QED) is 0.825. The molecule has 20 heavy (non-hydrogen) atoms. The van der Waals surface area contributed by atoms with Crippen molar-refractivity contribution in [2.45, 2.75) is 19.4 Å². The molecule has 0 fully saturated rings. The molecule has 0 atom stereocenters. The van der Waals surface area contributed by atoms with Crippen LogP contribution in [0.2, 0.25) is 0 Å². The van der Waals surface area contributed by atoms with Gasteiger partial charge >= 0.3 is 0 Å². The fraction of sp³-hybridized carbons (Fsp3) is 0.429. The molecule has 1 aromatic carbocycles. The Morgan fingerprint density at radius 2 is 2.00 bits per heavy atom. The van der Waals surface area contributed by atoms with Gasteiger partial charge in [-0.25, -0.2) is 4.68 Å². The monoisotopic (exact) mass is 277 g/mol. The molecular weight excluding hydrogens is 258 g/mol. The van der Waals surface area contributed by atoms with Gasteiger partial charge in [-0.3, -0.25) is 0 Å². The molecule has 1 N–H and O–H groups in total. The zero-order valence-corrected chi connectivity index (χ0v) is 11.7. The average Bonchev–Trinajstić information content (AvgIpc) is 2.92. The van der Waals surface area contributed by atoms with Gasteiger partial charge in [-0.2, -0.15) is 0 Å². The first kappa shape index (κ1) is 14.3. The Kier molecular flexibility index (Phi) is 4.95. The van der Waals surface area contributed by atoms with Gasteiger partial charge in [-0.1, -0.05) is 11.3 Å². The lowest BCUT2D eigenvalue weighted by molar-refractivity contribution is 0.288. The molecule has 1 heterocycles. The van der Waals surface area contributed by atoms with Crippen LogP contribution in [-0.4, -0.2) is 40.9 Å². The molecule has 0 aliphatic carbocycles. The molecular formula is C14H19N3O3. The Bertz CT molecular complexity index is 554. The van der Waals surface area contributed by atoms with E-state index in [1.54, 1.807) is 18.9 Å². The number of aliphatic hydroxyl groups is 1. The van der Waals surface area contributed by atoms with Crippen molar-refractivity contribution in [2.24, 2.45) is 0 Å². The lowest BCUT2D eigenvalue weighted by Crippen LogP contribution is -2.01. The molecule has 6 nitrogen and oxygen atoms in total. The molecule has 2 rings (SSSR count). The molecule has 0 aliphatic rings. The van der Waals surface area contributed by atoms with Crippen LogP contribution in [0, 0.1) is 0 Å². The fourth-order valence-corrected chi connectivity index (χ4v) is 1.96. The third-order valence-corrected chi connectivity index (χ3v) is 2.97. The van der Waals surface area contributed by atoms with Crippen molar-refractivity contribution in [2.75, 3.05) is 20.8 Å². The number of ether oxygens (including phenoxy) is 2. The molecule has 0 saturated heterocycles. The number of methoxy groups -OCH3 is 2. The Labute approximate surface area is 117 Å². The van der Waals surface area contributed by atoms with Crippen LogP contribution in [-0.2, 0) is 13.0 Å². The van der Waals surface area contributed by atoms with Crippen LogP contribution in [0.25, 0.3) is 0 Å². The van der Waals surface area contributed by atoms with E-state index in [0.29, 0.717) is 24.5 Å². The molecule has 0 saturated carbocycles. The normalized spacial score (nSPS) is 10.6. The van der Waals surface area contributed by atoms with Gasteiger partial charge in [0.25, 0.3) is 0 Å². The summed E-state index contributed by atoms with van der Waals surface area (Å²) in [5.41, 5.74) is 1.95. The van der Waals surface area contributed by atoms with Gasteiger partial charge in [0, 0.05) is 12.8 Å². The molecule has 0 unspecified atom stereocenters. The zero-order valence-electron chi connectivity index (χ0n) is 11.7. The maximum atomic E-state index is 8.80. The number of nitrogens with zero attached hydrogens (tertiary/aromatic N) is 3. The Morgan fingerprint density at radius 3 is 2.70 bits per heavy atom. The van der Waals surface area contributed by atoms with Gasteiger partial charge in [0.2, 0.25) is 0 Å². The van der Waals surface area contributed by atoms with Crippen molar-refractivity contribution in [3.05, 3.63) is 35.7 Å². The summed E-state index contributed by atoms with van der Waals surface area (Å²) in [5, 5.41) is 16.9. The molecule has 108 valence electrons. The van der Waals surface area contributed by atoms with E-state index in [1.807, 2.05) is 24.4 Å². The molecule has 0 radical (unpaired) electrons. The van der Waals surface area contributed by atoms with Crippen molar-refractivity contribution < 1.29 is 14.6 Å². The van der Waals surface area contributed by atoms with Crippen LogP contribution in [0.15, 0.2) is 24.4 Å². The number of hydrogen-bond donors (Lipinski definition) is 1. The van der Waals surface area contributed by atoms with E-state index in [0.717, 1.165) is 17.7 Å². The minimum Gasteiger partial charge on any atom is -0.493 e. The Balaban J connectivity index is 2.07. The van der Waals surface area contributed by atoms with Crippen molar-refractivity contribution in [1.82, 2.24) is 15.0 Å². The number of aryl methyl sites for hydroxylation is 1. The summed E-state index contributed by atoms with van der Waals surface area (Å²) >= 11 is 0. The summed E-state index contributed by atoms with van der Waals surface area (Å²) in [4.78, 5) is 0. The number of benzene rings is 1. The largest absolute Gasteiger partial charge is 0.493 e. The molecule has 6 heteroatoms. The Morgan fingerprint density at radius 1 is 1.20 bits per heavy atom. The summed E-state index contributed by atoms with van der Waals surface area (Å²) in [6, 6.07) is 5.77. The number of aromatic nitrogens is 3. The molecule has 0 spiro atoms. The first-order valence-corrected chi connectivity index (χ1v) is 6.47. The second-order valence-corrected chi connectivity index (χ2v) is 4.42. The van der Waals surface area contributed by atoms with Crippen LogP contribution < -0.4 is 9.47 Å². The topological polar surface area (TPSA) is 69.4 Å². The predicted octanol–water partition coefficient (Wildman–Crippen LogP) is 1.27. The summed E-state index contributed by atoms with van der Waals surface area (Å²) in [5.74, 6) is 1.41. The second-order valence-electron chi connectivity index (χ2n) is 4.42. The van der Waals surface area contributed by atoms with Gasteiger partial charge in [0.1, 0.15) is 0 Å². The Hall–Kier alpha value is -2.08.